The molecule has 0 saturated heterocycles. The zero-order valence-electron chi connectivity index (χ0n) is 13.6. The van der Waals surface area contributed by atoms with Crippen molar-refractivity contribution in [2.24, 2.45) is 0 Å². The van der Waals surface area contributed by atoms with Gasteiger partial charge in [0, 0.05) is 0 Å². The van der Waals surface area contributed by atoms with Crippen molar-refractivity contribution in [1.82, 2.24) is 5.32 Å². The van der Waals surface area contributed by atoms with Gasteiger partial charge in [0.05, 0.1) is 12.6 Å². The van der Waals surface area contributed by atoms with Gasteiger partial charge >= 0.3 is 6.09 Å². The minimum atomic E-state index is -0.865. The maximum Gasteiger partial charge on any atom is 0.408 e. The molecular formula is C16H25NO4. The van der Waals surface area contributed by atoms with Gasteiger partial charge in [0.25, 0.3) is 0 Å². The second kappa shape index (κ2) is 6.35. The summed E-state index contributed by atoms with van der Waals surface area (Å²) in [5.41, 5.74) is -0.751. The van der Waals surface area contributed by atoms with Gasteiger partial charge in [-0.3, -0.25) is 0 Å². The monoisotopic (exact) mass is 295 g/mol. The fourth-order valence-electron chi connectivity index (χ4n) is 1.84. The first-order valence-electron chi connectivity index (χ1n) is 6.88. The molecular weight excluding hydrogens is 270 g/mol. The van der Waals surface area contributed by atoms with Crippen molar-refractivity contribution in [2.75, 3.05) is 7.11 Å². The summed E-state index contributed by atoms with van der Waals surface area (Å²) >= 11 is 0. The maximum atomic E-state index is 11.8. The van der Waals surface area contributed by atoms with E-state index < -0.39 is 23.3 Å². The van der Waals surface area contributed by atoms with Crippen LogP contribution in [0.3, 0.4) is 0 Å². The summed E-state index contributed by atoms with van der Waals surface area (Å²) in [5.74, 6) is 0.712. The van der Waals surface area contributed by atoms with Crippen LogP contribution in [0.5, 0.6) is 5.75 Å². The Morgan fingerprint density at radius 1 is 1.14 bits per heavy atom. The van der Waals surface area contributed by atoms with Crippen LogP contribution in [0.4, 0.5) is 4.79 Å². The molecule has 0 radical (unpaired) electrons. The second-order valence-corrected chi connectivity index (χ2v) is 6.52. The largest absolute Gasteiger partial charge is 0.497 e. The molecule has 0 aromatic heterocycles. The zero-order chi connectivity index (χ0) is 16.3. The molecule has 1 rings (SSSR count). The highest BCUT2D eigenvalue weighted by molar-refractivity contribution is 5.68. The van der Waals surface area contributed by atoms with Crippen molar-refractivity contribution in [3.63, 3.8) is 0 Å². The first-order valence-corrected chi connectivity index (χ1v) is 6.88. The van der Waals surface area contributed by atoms with Gasteiger partial charge in [0.15, 0.2) is 0 Å². The van der Waals surface area contributed by atoms with E-state index in [4.69, 9.17) is 9.47 Å². The highest BCUT2D eigenvalue weighted by Gasteiger charge is 2.32. The summed E-state index contributed by atoms with van der Waals surface area (Å²) in [7, 11) is 1.58. The molecule has 0 aliphatic carbocycles. The highest BCUT2D eigenvalue weighted by Crippen LogP contribution is 2.27. The maximum absolute atomic E-state index is 11.8. The van der Waals surface area contributed by atoms with Crippen LogP contribution in [0.15, 0.2) is 24.3 Å². The Balaban J connectivity index is 2.78. The lowest BCUT2D eigenvalue weighted by atomic mass is 9.91. The van der Waals surface area contributed by atoms with Crippen LogP contribution >= 0.6 is 0 Å². The minimum Gasteiger partial charge on any atom is -0.497 e. The van der Waals surface area contributed by atoms with Crippen molar-refractivity contribution < 1.29 is 19.4 Å². The standard InChI is InChI=1S/C16H25NO4/c1-15(2,3)21-14(19)17-16(4,5)13(18)11-7-9-12(20-6)10-8-11/h7-10,13,18H,1-6H3,(H,17,19). The van der Waals surface area contributed by atoms with Crippen LogP contribution in [0.1, 0.15) is 46.3 Å². The van der Waals surface area contributed by atoms with Gasteiger partial charge in [-0.1, -0.05) is 12.1 Å². The Labute approximate surface area is 126 Å². The Morgan fingerprint density at radius 2 is 1.67 bits per heavy atom. The Kier molecular flexibility index (Phi) is 5.23. The quantitative estimate of drug-likeness (QED) is 0.896. The first kappa shape index (κ1) is 17.3. The number of carbonyl (C=O) groups is 1. The Morgan fingerprint density at radius 3 is 2.10 bits per heavy atom. The predicted octanol–water partition coefficient (Wildman–Crippen LogP) is 3.03. The van der Waals surface area contributed by atoms with E-state index in [1.807, 2.05) is 0 Å². The van der Waals surface area contributed by atoms with E-state index >= 15 is 0 Å². The molecule has 1 amide bonds. The average molecular weight is 295 g/mol. The number of ether oxygens (including phenoxy) is 2. The molecule has 5 heteroatoms. The van der Waals surface area contributed by atoms with Gasteiger partial charge in [-0.05, 0) is 52.3 Å². The molecule has 0 saturated carbocycles. The van der Waals surface area contributed by atoms with Crippen molar-refractivity contribution >= 4 is 6.09 Å². The third-order valence-corrected chi connectivity index (χ3v) is 2.94. The predicted molar refractivity (Wildman–Crippen MR) is 81.4 cm³/mol. The first-order chi connectivity index (χ1) is 9.55. The van der Waals surface area contributed by atoms with E-state index in [0.29, 0.717) is 11.3 Å². The van der Waals surface area contributed by atoms with E-state index in [0.717, 1.165) is 0 Å². The molecule has 1 aromatic rings. The minimum absolute atomic E-state index is 0.555. The number of hydrogen-bond acceptors (Lipinski definition) is 4. The number of aliphatic hydroxyl groups is 1. The van der Waals surface area contributed by atoms with E-state index in [-0.39, 0.29) is 0 Å². The van der Waals surface area contributed by atoms with Gasteiger partial charge < -0.3 is 19.9 Å². The van der Waals surface area contributed by atoms with Crippen LogP contribution in [0, 0.1) is 0 Å². The van der Waals surface area contributed by atoms with Crippen LogP contribution in [0.2, 0.25) is 0 Å². The number of hydrogen-bond donors (Lipinski definition) is 2. The molecule has 0 spiro atoms. The number of benzene rings is 1. The fraction of sp³-hybridized carbons (Fsp3) is 0.562. The Hall–Kier alpha value is -1.75. The average Bonchev–Trinajstić information content (AvgIpc) is 2.35. The lowest BCUT2D eigenvalue weighted by Gasteiger charge is -2.33. The molecule has 21 heavy (non-hydrogen) atoms. The SMILES string of the molecule is COc1ccc(C(O)C(C)(C)NC(=O)OC(C)(C)C)cc1. The number of nitrogens with one attached hydrogen (secondary N) is 1. The van der Waals surface area contributed by atoms with Gasteiger partial charge in [0.1, 0.15) is 17.5 Å². The third-order valence-electron chi connectivity index (χ3n) is 2.94. The lowest BCUT2D eigenvalue weighted by Crippen LogP contribution is -2.49. The highest BCUT2D eigenvalue weighted by atomic mass is 16.6. The number of aliphatic hydroxyl groups excluding tert-OH is 1. The number of rotatable bonds is 4. The number of methoxy groups -OCH3 is 1. The van der Waals surface area contributed by atoms with Crippen LogP contribution in [-0.2, 0) is 4.74 Å². The fourth-order valence-corrected chi connectivity index (χ4v) is 1.84. The van der Waals surface area contributed by atoms with Gasteiger partial charge in [-0.2, -0.15) is 0 Å². The molecule has 1 unspecified atom stereocenters. The molecule has 5 nitrogen and oxygen atoms in total. The molecule has 2 N–H and O–H groups in total. The van der Waals surface area contributed by atoms with Crippen LogP contribution in [0.25, 0.3) is 0 Å². The van der Waals surface area contributed by atoms with E-state index in [1.165, 1.54) is 0 Å². The number of carbonyl (C=O) groups excluding carboxylic acids is 1. The molecule has 1 atom stereocenters. The number of amides is 1. The van der Waals surface area contributed by atoms with Crippen molar-refractivity contribution in [1.29, 1.82) is 0 Å². The molecule has 1 aromatic carbocycles. The molecule has 0 bridgehead atoms. The van der Waals surface area contributed by atoms with Crippen LogP contribution in [-0.4, -0.2) is 29.4 Å². The Bertz CT molecular complexity index is 474. The zero-order valence-corrected chi connectivity index (χ0v) is 13.6. The van der Waals surface area contributed by atoms with E-state index in [1.54, 1.807) is 66.0 Å². The molecule has 0 aliphatic heterocycles. The number of alkyl carbamates (subject to hydrolysis) is 1. The summed E-state index contributed by atoms with van der Waals surface area (Å²) < 4.78 is 10.3. The molecule has 118 valence electrons. The summed E-state index contributed by atoms with van der Waals surface area (Å²) in [4.78, 5) is 11.8. The van der Waals surface area contributed by atoms with Crippen LogP contribution < -0.4 is 10.1 Å². The van der Waals surface area contributed by atoms with Gasteiger partial charge in [-0.25, -0.2) is 4.79 Å². The second-order valence-electron chi connectivity index (χ2n) is 6.52. The van der Waals surface area contributed by atoms with E-state index in [2.05, 4.69) is 5.32 Å². The molecule has 0 heterocycles. The van der Waals surface area contributed by atoms with Gasteiger partial charge in [-0.15, -0.1) is 0 Å². The van der Waals surface area contributed by atoms with E-state index in [9.17, 15) is 9.90 Å². The molecule has 0 fully saturated rings. The lowest BCUT2D eigenvalue weighted by molar-refractivity contribution is 0.0291. The normalized spacial score (nSPS) is 13.5. The van der Waals surface area contributed by atoms with Crippen molar-refractivity contribution in [2.45, 2.75) is 51.9 Å². The summed E-state index contributed by atoms with van der Waals surface area (Å²) in [6.45, 7) is 8.86. The summed E-state index contributed by atoms with van der Waals surface area (Å²) in [6.07, 6.45) is -1.42. The van der Waals surface area contributed by atoms with Gasteiger partial charge in [0.2, 0.25) is 0 Å². The summed E-state index contributed by atoms with van der Waals surface area (Å²) in [6, 6.07) is 7.06. The van der Waals surface area contributed by atoms with Crippen molar-refractivity contribution in [3.8, 4) is 5.75 Å². The summed E-state index contributed by atoms with van der Waals surface area (Å²) in [5, 5.41) is 13.1. The topological polar surface area (TPSA) is 67.8 Å². The van der Waals surface area contributed by atoms with Crippen molar-refractivity contribution in [3.05, 3.63) is 29.8 Å². The molecule has 0 aliphatic rings. The smallest absolute Gasteiger partial charge is 0.408 e. The third kappa shape index (κ3) is 5.27.